The molecule has 0 saturated carbocycles. The quantitative estimate of drug-likeness (QED) is 0.734. The summed E-state index contributed by atoms with van der Waals surface area (Å²) in [7, 11) is 0. The Hall–Kier alpha value is -2.49. The van der Waals surface area contributed by atoms with Crippen LogP contribution in [0.5, 0.6) is 0 Å². The van der Waals surface area contributed by atoms with E-state index in [2.05, 4.69) is 21.6 Å². The number of piperazine rings is 1. The van der Waals surface area contributed by atoms with E-state index in [9.17, 15) is 14.9 Å². The van der Waals surface area contributed by atoms with Crippen molar-refractivity contribution in [3.8, 4) is 6.07 Å². The second kappa shape index (κ2) is 4.56. The third-order valence-electron chi connectivity index (χ3n) is 3.59. The third kappa shape index (κ3) is 1.99. The SMILES string of the molecule is Cc1nnc(N2CC(=O)NC(=O)C2(C)C)c(C#N)c1C. The van der Waals surface area contributed by atoms with Crippen molar-refractivity contribution in [2.45, 2.75) is 33.2 Å². The molecule has 7 heteroatoms. The van der Waals surface area contributed by atoms with Crippen LogP contribution in [0.1, 0.15) is 30.7 Å². The largest absolute Gasteiger partial charge is 0.331 e. The van der Waals surface area contributed by atoms with Crippen LogP contribution in [0.4, 0.5) is 5.82 Å². The molecule has 2 amide bonds. The lowest BCUT2D eigenvalue weighted by atomic mass is 9.97. The van der Waals surface area contributed by atoms with E-state index >= 15 is 0 Å². The molecule has 0 radical (unpaired) electrons. The zero-order valence-electron chi connectivity index (χ0n) is 11.8. The van der Waals surface area contributed by atoms with Crippen LogP contribution in [0.25, 0.3) is 0 Å². The van der Waals surface area contributed by atoms with Crippen LogP contribution in [0.15, 0.2) is 0 Å². The number of amides is 2. The van der Waals surface area contributed by atoms with E-state index < -0.39 is 17.4 Å². The molecule has 0 unspecified atom stereocenters. The van der Waals surface area contributed by atoms with Crippen molar-refractivity contribution in [1.29, 1.82) is 5.26 Å². The summed E-state index contributed by atoms with van der Waals surface area (Å²) in [5.74, 6) is -0.570. The molecule has 1 N–H and O–H groups in total. The minimum atomic E-state index is -0.976. The minimum absolute atomic E-state index is 0.0371. The summed E-state index contributed by atoms with van der Waals surface area (Å²) < 4.78 is 0. The second-order valence-electron chi connectivity index (χ2n) is 5.24. The first kappa shape index (κ1) is 13.9. The van der Waals surface area contributed by atoms with Crippen molar-refractivity contribution in [2.24, 2.45) is 0 Å². The Morgan fingerprint density at radius 3 is 2.55 bits per heavy atom. The number of imide groups is 1. The van der Waals surface area contributed by atoms with Gasteiger partial charge in [-0.25, -0.2) is 0 Å². The maximum absolute atomic E-state index is 12.0. The average molecular weight is 273 g/mol. The van der Waals surface area contributed by atoms with Crippen LogP contribution < -0.4 is 10.2 Å². The number of aryl methyl sites for hydroxylation is 1. The molecule has 2 rings (SSSR count). The van der Waals surface area contributed by atoms with Crippen LogP contribution in [-0.4, -0.2) is 34.1 Å². The Balaban J connectivity index is 2.61. The van der Waals surface area contributed by atoms with Gasteiger partial charge in [-0.2, -0.15) is 10.4 Å². The van der Waals surface area contributed by atoms with Crippen molar-refractivity contribution in [3.05, 3.63) is 16.8 Å². The molecule has 1 aromatic rings. The minimum Gasteiger partial charge on any atom is -0.331 e. The first-order valence-corrected chi connectivity index (χ1v) is 6.15. The number of hydrogen-bond donors (Lipinski definition) is 1. The van der Waals surface area contributed by atoms with Crippen LogP contribution in [0, 0.1) is 25.2 Å². The van der Waals surface area contributed by atoms with Gasteiger partial charge in [0.1, 0.15) is 17.2 Å². The Kier molecular flexibility index (Phi) is 3.18. The summed E-state index contributed by atoms with van der Waals surface area (Å²) in [4.78, 5) is 25.1. The number of rotatable bonds is 1. The van der Waals surface area contributed by atoms with Gasteiger partial charge in [0.05, 0.1) is 12.2 Å². The molecular weight excluding hydrogens is 258 g/mol. The van der Waals surface area contributed by atoms with Gasteiger partial charge in [0, 0.05) is 0 Å². The molecule has 1 aliphatic rings. The lowest BCUT2D eigenvalue weighted by molar-refractivity contribution is -0.135. The van der Waals surface area contributed by atoms with Gasteiger partial charge in [-0.05, 0) is 33.3 Å². The summed E-state index contributed by atoms with van der Waals surface area (Å²) in [5, 5.41) is 19.6. The van der Waals surface area contributed by atoms with Crippen LogP contribution >= 0.6 is 0 Å². The number of anilines is 1. The molecule has 1 saturated heterocycles. The first-order valence-electron chi connectivity index (χ1n) is 6.15. The molecule has 0 bridgehead atoms. The van der Waals surface area contributed by atoms with E-state index in [4.69, 9.17) is 0 Å². The highest BCUT2D eigenvalue weighted by Crippen LogP contribution is 2.29. The van der Waals surface area contributed by atoms with E-state index in [0.29, 0.717) is 16.8 Å². The number of carbonyl (C=O) groups excluding carboxylic acids is 2. The fraction of sp³-hybridized carbons (Fsp3) is 0.462. The van der Waals surface area contributed by atoms with Gasteiger partial charge in [-0.15, -0.1) is 5.10 Å². The van der Waals surface area contributed by atoms with E-state index in [1.807, 2.05) is 0 Å². The van der Waals surface area contributed by atoms with Crippen LogP contribution in [0.3, 0.4) is 0 Å². The Morgan fingerprint density at radius 1 is 1.30 bits per heavy atom. The molecule has 7 nitrogen and oxygen atoms in total. The second-order valence-corrected chi connectivity index (χ2v) is 5.24. The number of nitriles is 1. The third-order valence-corrected chi connectivity index (χ3v) is 3.59. The van der Waals surface area contributed by atoms with Gasteiger partial charge < -0.3 is 4.90 Å². The van der Waals surface area contributed by atoms with Gasteiger partial charge in [-0.3, -0.25) is 14.9 Å². The van der Waals surface area contributed by atoms with Crippen molar-refractivity contribution >= 4 is 17.6 Å². The molecule has 0 aromatic carbocycles. The molecule has 0 aliphatic carbocycles. The predicted molar refractivity (Wildman–Crippen MR) is 70.8 cm³/mol. The van der Waals surface area contributed by atoms with Crippen molar-refractivity contribution in [2.75, 3.05) is 11.4 Å². The molecule has 20 heavy (non-hydrogen) atoms. The van der Waals surface area contributed by atoms with E-state index in [-0.39, 0.29) is 12.4 Å². The van der Waals surface area contributed by atoms with E-state index in [1.54, 1.807) is 27.7 Å². The number of hydrogen-bond acceptors (Lipinski definition) is 6. The average Bonchev–Trinajstić information content (AvgIpc) is 2.37. The highest BCUT2D eigenvalue weighted by atomic mass is 16.2. The maximum atomic E-state index is 12.0. The smallest absolute Gasteiger partial charge is 0.251 e. The number of aromatic nitrogens is 2. The van der Waals surface area contributed by atoms with E-state index in [1.165, 1.54) is 4.90 Å². The summed E-state index contributed by atoms with van der Waals surface area (Å²) in [5.41, 5.74) is 0.714. The molecular formula is C13H15N5O2. The highest BCUT2D eigenvalue weighted by Gasteiger charge is 2.43. The fourth-order valence-electron chi connectivity index (χ4n) is 2.04. The fourth-order valence-corrected chi connectivity index (χ4v) is 2.04. The van der Waals surface area contributed by atoms with Crippen molar-refractivity contribution in [1.82, 2.24) is 15.5 Å². The normalized spacial score (nSPS) is 17.6. The van der Waals surface area contributed by atoms with Gasteiger partial charge in [0.15, 0.2) is 5.82 Å². The summed E-state index contributed by atoms with van der Waals surface area (Å²) in [6.07, 6.45) is 0. The Labute approximate surface area is 116 Å². The lowest BCUT2D eigenvalue weighted by Gasteiger charge is -2.41. The van der Waals surface area contributed by atoms with Gasteiger partial charge in [0.25, 0.3) is 5.91 Å². The summed E-state index contributed by atoms with van der Waals surface area (Å²) in [6.45, 7) is 6.83. The van der Waals surface area contributed by atoms with Crippen LogP contribution in [-0.2, 0) is 9.59 Å². The highest BCUT2D eigenvalue weighted by molar-refractivity contribution is 6.06. The Bertz CT molecular complexity index is 645. The number of nitrogens with one attached hydrogen (secondary N) is 1. The number of nitrogens with zero attached hydrogens (tertiary/aromatic N) is 4. The van der Waals surface area contributed by atoms with Gasteiger partial charge >= 0.3 is 0 Å². The van der Waals surface area contributed by atoms with Gasteiger partial charge in [0.2, 0.25) is 5.91 Å². The van der Waals surface area contributed by atoms with E-state index in [0.717, 1.165) is 0 Å². The molecule has 104 valence electrons. The van der Waals surface area contributed by atoms with Gasteiger partial charge in [-0.1, -0.05) is 0 Å². The summed E-state index contributed by atoms with van der Waals surface area (Å²) >= 11 is 0. The van der Waals surface area contributed by atoms with Crippen molar-refractivity contribution in [3.63, 3.8) is 0 Å². The topological polar surface area (TPSA) is 99.0 Å². The zero-order chi connectivity index (χ0) is 15.1. The molecule has 1 fully saturated rings. The molecule has 2 heterocycles. The molecule has 1 aliphatic heterocycles. The predicted octanol–water partition coefficient (Wildman–Crippen LogP) is 0.207. The Morgan fingerprint density at radius 2 is 1.95 bits per heavy atom. The molecule has 0 spiro atoms. The maximum Gasteiger partial charge on any atom is 0.251 e. The van der Waals surface area contributed by atoms with Crippen LogP contribution in [0.2, 0.25) is 0 Å². The summed E-state index contributed by atoms with van der Waals surface area (Å²) in [6, 6.07) is 2.08. The standard InChI is InChI=1S/C13H15N5O2/c1-7-8(2)16-17-11(9(7)5-14)18-6-10(19)15-12(20)13(18,3)4/h6H2,1-4H3,(H,15,19,20). The van der Waals surface area contributed by atoms with Crippen molar-refractivity contribution < 1.29 is 9.59 Å². The molecule has 0 atom stereocenters. The first-order chi connectivity index (χ1) is 9.28. The monoisotopic (exact) mass is 273 g/mol. The number of carbonyl (C=O) groups is 2. The zero-order valence-corrected chi connectivity index (χ0v) is 11.8. The molecule has 1 aromatic heterocycles. The lowest BCUT2D eigenvalue weighted by Crippen LogP contribution is -2.64.